The fourth-order valence-corrected chi connectivity index (χ4v) is 3.22. The molecule has 2 aromatic carbocycles. The first-order valence-corrected chi connectivity index (χ1v) is 9.00. The van der Waals surface area contributed by atoms with Crippen molar-refractivity contribution in [3.05, 3.63) is 59.7 Å². The van der Waals surface area contributed by atoms with Gasteiger partial charge in [0.15, 0.2) is 6.10 Å². The molecular formula is C21H25N3O3. The van der Waals surface area contributed by atoms with Crippen LogP contribution < -0.4 is 15.0 Å². The number of ether oxygens (including phenoxy) is 1. The number of carbonyl (C=O) groups is 2. The molecular weight excluding hydrogens is 342 g/mol. The van der Waals surface area contributed by atoms with Crippen LogP contribution in [0.3, 0.4) is 0 Å². The van der Waals surface area contributed by atoms with Gasteiger partial charge in [-0.3, -0.25) is 14.5 Å². The molecule has 1 N–H and O–H groups in total. The van der Waals surface area contributed by atoms with Crippen LogP contribution in [0.4, 0.5) is 5.69 Å². The summed E-state index contributed by atoms with van der Waals surface area (Å²) in [4.78, 5) is 28.7. The SMILES string of the molecule is CNC(=O)C1CN(C(=O)CN(C)Cc2ccccc2C)c2ccccc2O1. The Bertz CT molecular complexity index is 837. The summed E-state index contributed by atoms with van der Waals surface area (Å²) >= 11 is 0. The predicted octanol–water partition coefficient (Wildman–Crippen LogP) is 1.97. The Morgan fingerprint density at radius 2 is 1.89 bits per heavy atom. The Kier molecular flexibility index (Phi) is 5.76. The highest BCUT2D eigenvalue weighted by Crippen LogP contribution is 2.33. The number of likely N-dealkylation sites (N-methyl/N-ethyl adjacent to an activating group) is 2. The van der Waals surface area contributed by atoms with Gasteiger partial charge in [0, 0.05) is 13.6 Å². The van der Waals surface area contributed by atoms with E-state index >= 15 is 0 Å². The topological polar surface area (TPSA) is 61.9 Å². The maximum atomic E-state index is 13.0. The highest BCUT2D eigenvalue weighted by atomic mass is 16.5. The van der Waals surface area contributed by atoms with Gasteiger partial charge in [0.2, 0.25) is 5.91 Å². The van der Waals surface area contributed by atoms with Gasteiger partial charge in [0.05, 0.1) is 18.8 Å². The number of carbonyl (C=O) groups excluding carboxylic acids is 2. The number of benzene rings is 2. The van der Waals surface area contributed by atoms with Crippen LogP contribution in [0.25, 0.3) is 0 Å². The maximum absolute atomic E-state index is 13.0. The zero-order chi connectivity index (χ0) is 19.4. The summed E-state index contributed by atoms with van der Waals surface area (Å²) in [6, 6.07) is 15.5. The molecule has 27 heavy (non-hydrogen) atoms. The number of anilines is 1. The number of amides is 2. The van der Waals surface area contributed by atoms with Crippen LogP contribution in [0, 0.1) is 6.92 Å². The van der Waals surface area contributed by atoms with Crippen LogP contribution in [0.5, 0.6) is 5.75 Å². The van der Waals surface area contributed by atoms with Crippen molar-refractivity contribution in [2.45, 2.75) is 19.6 Å². The van der Waals surface area contributed by atoms with Gasteiger partial charge in [-0.2, -0.15) is 0 Å². The van der Waals surface area contributed by atoms with Gasteiger partial charge in [-0.05, 0) is 37.2 Å². The van der Waals surface area contributed by atoms with E-state index in [1.807, 2.05) is 42.3 Å². The Hall–Kier alpha value is -2.86. The van der Waals surface area contributed by atoms with Crippen molar-refractivity contribution in [3.63, 3.8) is 0 Å². The number of nitrogens with one attached hydrogen (secondary N) is 1. The van der Waals surface area contributed by atoms with Crippen LogP contribution >= 0.6 is 0 Å². The quantitative estimate of drug-likeness (QED) is 0.878. The molecule has 6 nitrogen and oxygen atoms in total. The average Bonchev–Trinajstić information content (AvgIpc) is 2.68. The molecule has 0 aromatic heterocycles. The van der Waals surface area contributed by atoms with Gasteiger partial charge in [0.25, 0.3) is 5.91 Å². The van der Waals surface area contributed by atoms with Gasteiger partial charge in [-0.1, -0.05) is 36.4 Å². The number of hydrogen-bond donors (Lipinski definition) is 1. The second kappa shape index (κ2) is 8.22. The van der Waals surface area contributed by atoms with Crippen molar-refractivity contribution < 1.29 is 14.3 Å². The molecule has 0 aliphatic carbocycles. The first-order chi connectivity index (χ1) is 13.0. The lowest BCUT2D eigenvalue weighted by Crippen LogP contribution is -2.51. The summed E-state index contributed by atoms with van der Waals surface area (Å²) < 4.78 is 5.76. The van der Waals surface area contributed by atoms with E-state index in [4.69, 9.17) is 4.74 Å². The van der Waals surface area contributed by atoms with E-state index in [0.717, 1.165) is 0 Å². The molecule has 1 unspecified atom stereocenters. The Balaban J connectivity index is 1.74. The van der Waals surface area contributed by atoms with Crippen molar-refractivity contribution in [3.8, 4) is 5.75 Å². The fourth-order valence-electron chi connectivity index (χ4n) is 3.22. The molecule has 1 aliphatic heterocycles. The van der Waals surface area contributed by atoms with Gasteiger partial charge in [-0.25, -0.2) is 0 Å². The molecule has 3 rings (SSSR count). The lowest BCUT2D eigenvalue weighted by molar-refractivity contribution is -0.128. The molecule has 0 saturated carbocycles. The van der Waals surface area contributed by atoms with Gasteiger partial charge < -0.3 is 15.0 Å². The summed E-state index contributed by atoms with van der Waals surface area (Å²) in [5, 5.41) is 2.59. The smallest absolute Gasteiger partial charge is 0.262 e. The van der Waals surface area contributed by atoms with Gasteiger partial charge in [0.1, 0.15) is 5.75 Å². The molecule has 2 amide bonds. The average molecular weight is 367 g/mol. The monoisotopic (exact) mass is 367 g/mol. The number of rotatable bonds is 5. The number of fused-ring (bicyclic) bond motifs is 1. The van der Waals surface area contributed by atoms with E-state index in [1.165, 1.54) is 11.1 Å². The minimum Gasteiger partial charge on any atom is -0.477 e. The van der Waals surface area contributed by atoms with Crippen molar-refractivity contribution >= 4 is 17.5 Å². The van der Waals surface area contributed by atoms with E-state index in [2.05, 4.69) is 24.4 Å². The number of nitrogens with zero attached hydrogens (tertiary/aromatic N) is 2. The number of para-hydroxylation sites is 2. The molecule has 0 saturated heterocycles. The molecule has 2 aromatic rings. The second-order valence-corrected chi connectivity index (χ2v) is 6.79. The van der Waals surface area contributed by atoms with E-state index in [0.29, 0.717) is 18.0 Å². The largest absolute Gasteiger partial charge is 0.477 e. The van der Waals surface area contributed by atoms with Crippen molar-refractivity contribution in [1.29, 1.82) is 0 Å². The highest BCUT2D eigenvalue weighted by Gasteiger charge is 2.33. The van der Waals surface area contributed by atoms with E-state index in [-0.39, 0.29) is 24.9 Å². The molecule has 1 heterocycles. The molecule has 0 bridgehead atoms. The third kappa shape index (κ3) is 4.28. The minimum atomic E-state index is -0.712. The van der Waals surface area contributed by atoms with E-state index < -0.39 is 6.10 Å². The van der Waals surface area contributed by atoms with Gasteiger partial charge in [-0.15, -0.1) is 0 Å². The summed E-state index contributed by atoms with van der Waals surface area (Å²) in [6.45, 7) is 3.21. The third-order valence-corrected chi connectivity index (χ3v) is 4.72. The molecule has 142 valence electrons. The third-order valence-electron chi connectivity index (χ3n) is 4.72. The summed E-state index contributed by atoms with van der Waals surface area (Å²) in [7, 11) is 3.49. The lowest BCUT2D eigenvalue weighted by Gasteiger charge is -2.34. The number of hydrogen-bond acceptors (Lipinski definition) is 4. The Morgan fingerprint density at radius 3 is 2.63 bits per heavy atom. The van der Waals surface area contributed by atoms with Crippen LogP contribution in [0.15, 0.2) is 48.5 Å². The first-order valence-electron chi connectivity index (χ1n) is 9.00. The molecule has 6 heteroatoms. The van der Waals surface area contributed by atoms with E-state index in [1.54, 1.807) is 18.0 Å². The molecule has 1 aliphatic rings. The summed E-state index contributed by atoms with van der Waals surface area (Å²) in [6.07, 6.45) is -0.712. The van der Waals surface area contributed by atoms with Crippen LogP contribution in [0.2, 0.25) is 0 Å². The lowest BCUT2D eigenvalue weighted by atomic mass is 10.1. The van der Waals surface area contributed by atoms with Crippen molar-refractivity contribution in [2.75, 3.05) is 32.1 Å². The Labute approximate surface area is 159 Å². The zero-order valence-corrected chi connectivity index (χ0v) is 15.9. The fraction of sp³-hybridized carbons (Fsp3) is 0.333. The van der Waals surface area contributed by atoms with Crippen molar-refractivity contribution in [1.82, 2.24) is 10.2 Å². The van der Waals surface area contributed by atoms with Crippen LogP contribution in [-0.4, -0.2) is 50.0 Å². The first kappa shape index (κ1) is 18.9. The number of aryl methyl sites for hydroxylation is 1. The Morgan fingerprint density at radius 1 is 1.19 bits per heavy atom. The van der Waals surface area contributed by atoms with Crippen molar-refractivity contribution in [2.24, 2.45) is 0 Å². The molecule has 0 fully saturated rings. The second-order valence-electron chi connectivity index (χ2n) is 6.79. The summed E-state index contributed by atoms with van der Waals surface area (Å²) in [5.74, 6) is 0.249. The van der Waals surface area contributed by atoms with Gasteiger partial charge >= 0.3 is 0 Å². The zero-order valence-electron chi connectivity index (χ0n) is 15.9. The van der Waals surface area contributed by atoms with Crippen LogP contribution in [0.1, 0.15) is 11.1 Å². The summed E-state index contributed by atoms with van der Waals surface area (Å²) in [5.41, 5.74) is 3.10. The minimum absolute atomic E-state index is 0.0595. The van der Waals surface area contributed by atoms with E-state index in [9.17, 15) is 9.59 Å². The standard InChI is InChI=1S/C21H25N3O3/c1-15-8-4-5-9-16(15)12-23(3)14-20(25)24-13-19(21(26)22-2)27-18-11-7-6-10-17(18)24/h4-11,19H,12-14H2,1-3H3,(H,22,26). The maximum Gasteiger partial charge on any atom is 0.262 e. The predicted molar refractivity (Wildman–Crippen MR) is 105 cm³/mol. The molecule has 0 spiro atoms. The molecule has 0 radical (unpaired) electrons. The molecule has 1 atom stereocenters. The van der Waals surface area contributed by atoms with Crippen LogP contribution in [-0.2, 0) is 16.1 Å². The normalized spacial score (nSPS) is 15.9. The highest BCUT2D eigenvalue weighted by molar-refractivity contribution is 5.98.